The number of hydrogen-bond acceptors (Lipinski definition) is 8. The van der Waals surface area contributed by atoms with Crippen molar-refractivity contribution < 1.29 is 23.5 Å². The van der Waals surface area contributed by atoms with Crippen LogP contribution in [0.4, 0.5) is 15.0 Å². The van der Waals surface area contributed by atoms with Gasteiger partial charge in [0, 0.05) is 44.3 Å². The Kier molecular flexibility index (Phi) is 9.82. The quantitative estimate of drug-likeness (QED) is 0.367. The number of rotatable bonds is 7. The summed E-state index contributed by atoms with van der Waals surface area (Å²) in [6.45, 7) is 9.02. The van der Waals surface area contributed by atoms with E-state index < -0.39 is 17.3 Å². The fourth-order valence-electron chi connectivity index (χ4n) is 6.19. The summed E-state index contributed by atoms with van der Waals surface area (Å²) in [6, 6.07) is 13.9. The Morgan fingerprint density at radius 1 is 1.04 bits per heavy atom. The normalized spacial score (nSPS) is 16.6. The van der Waals surface area contributed by atoms with E-state index in [4.69, 9.17) is 20.3 Å². The molecule has 2 fully saturated rings. The minimum atomic E-state index is -0.523. The number of likely N-dealkylation sites (tertiary alicyclic amines) is 2. The lowest BCUT2D eigenvalue weighted by Crippen LogP contribution is -2.50. The molecule has 5 rings (SSSR count). The summed E-state index contributed by atoms with van der Waals surface area (Å²) in [5.74, 6) is -0.318. The van der Waals surface area contributed by atoms with Gasteiger partial charge in [-0.2, -0.15) is 10.4 Å². The summed E-state index contributed by atoms with van der Waals surface area (Å²) in [4.78, 5) is 29.4. The first-order chi connectivity index (χ1) is 22.0. The molecular weight excluding hydrogens is 589 g/mol. The highest BCUT2D eigenvalue weighted by atomic mass is 19.1. The molecule has 3 N–H and O–H groups in total. The first kappa shape index (κ1) is 32.8. The maximum atomic E-state index is 13.7. The predicted molar refractivity (Wildman–Crippen MR) is 172 cm³/mol. The number of ether oxygens (including phenoxy) is 2. The molecule has 0 spiro atoms. The van der Waals surface area contributed by atoms with E-state index in [9.17, 15) is 19.2 Å². The van der Waals surface area contributed by atoms with E-state index in [1.807, 2.05) is 45.0 Å². The van der Waals surface area contributed by atoms with E-state index in [2.05, 4.69) is 16.3 Å². The molecule has 2 saturated heterocycles. The van der Waals surface area contributed by atoms with Crippen LogP contribution in [-0.4, -0.2) is 76.5 Å². The largest absolute Gasteiger partial charge is 0.496 e. The fraction of sp³-hybridized carbons (Fsp3) is 0.471. The first-order valence-corrected chi connectivity index (χ1v) is 15.7. The number of benzene rings is 2. The zero-order chi connectivity index (χ0) is 33.0. The molecule has 0 radical (unpaired) electrons. The molecule has 0 aliphatic carbocycles. The smallest absolute Gasteiger partial charge is 0.410 e. The molecule has 0 unspecified atom stereocenters. The lowest BCUT2D eigenvalue weighted by molar-refractivity contribution is 0.0119. The summed E-state index contributed by atoms with van der Waals surface area (Å²) >= 11 is 0. The Labute approximate surface area is 269 Å². The van der Waals surface area contributed by atoms with Crippen LogP contribution in [0.3, 0.4) is 0 Å². The average molecular weight is 632 g/mol. The van der Waals surface area contributed by atoms with Crippen LogP contribution < -0.4 is 15.8 Å². The number of nitrogens with one attached hydrogen (secondary N) is 1. The lowest BCUT2D eigenvalue weighted by atomic mass is 9.98. The summed E-state index contributed by atoms with van der Waals surface area (Å²) in [6.07, 6.45) is 3.30. The van der Waals surface area contributed by atoms with Crippen LogP contribution in [0.15, 0.2) is 42.5 Å². The molecule has 244 valence electrons. The van der Waals surface area contributed by atoms with Crippen molar-refractivity contribution in [2.75, 3.05) is 39.0 Å². The second kappa shape index (κ2) is 13.8. The van der Waals surface area contributed by atoms with Crippen LogP contribution in [-0.2, 0) is 11.3 Å². The second-order valence-electron chi connectivity index (χ2n) is 12.9. The van der Waals surface area contributed by atoms with E-state index in [-0.39, 0.29) is 30.0 Å². The van der Waals surface area contributed by atoms with Crippen LogP contribution in [0.2, 0.25) is 0 Å². The molecule has 3 heterocycles. The molecule has 2 aliphatic heterocycles. The van der Waals surface area contributed by atoms with Gasteiger partial charge in [-0.15, -0.1) is 0 Å². The Bertz CT molecular complexity index is 1590. The van der Waals surface area contributed by atoms with Gasteiger partial charge in [0.25, 0.3) is 5.91 Å². The summed E-state index contributed by atoms with van der Waals surface area (Å²) < 4.78 is 26.2. The van der Waals surface area contributed by atoms with Crippen molar-refractivity contribution in [2.45, 2.75) is 70.7 Å². The number of nitriles is 1. The Morgan fingerprint density at radius 3 is 2.30 bits per heavy atom. The van der Waals surface area contributed by atoms with Gasteiger partial charge in [0.15, 0.2) is 0 Å². The summed E-state index contributed by atoms with van der Waals surface area (Å²) in [5.41, 5.74) is 8.54. The van der Waals surface area contributed by atoms with E-state index in [1.54, 1.807) is 9.58 Å². The summed E-state index contributed by atoms with van der Waals surface area (Å²) in [5, 5.41) is 17.6. The van der Waals surface area contributed by atoms with Crippen molar-refractivity contribution in [3.63, 3.8) is 0 Å². The van der Waals surface area contributed by atoms with Crippen LogP contribution in [0.5, 0.6) is 5.75 Å². The molecule has 2 amide bonds. The molecule has 46 heavy (non-hydrogen) atoms. The van der Waals surface area contributed by atoms with Crippen LogP contribution in [0, 0.1) is 17.1 Å². The van der Waals surface area contributed by atoms with Crippen molar-refractivity contribution in [1.82, 2.24) is 24.9 Å². The molecule has 0 bridgehead atoms. The van der Waals surface area contributed by atoms with Crippen molar-refractivity contribution in [3.8, 4) is 23.1 Å². The van der Waals surface area contributed by atoms with E-state index in [0.29, 0.717) is 36.2 Å². The van der Waals surface area contributed by atoms with Gasteiger partial charge in [0.1, 0.15) is 40.3 Å². The van der Waals surface area contributed by atoms with Gasteiger partial charge < -0.3 is 30.3 Å². The van der Waals surface area contributed by atoms with Gasteiger partial charge in [-0.25, -0.2) is 13.9 Å². The molecule has 3 aromatic rings. The Hall–Kier alpha value is -4.63. The maximum Gasteiger partial charge on any atom is 0.410 e. The molecule has 1 aromatic heterocycles. The zero-order valence-electron chi connectivity index (χ0n) is 26.9. The van der Waals surface area contributed by atoms with Crippen molar-refractivity contribution in [2.24, 2.45) is 0 Å². The highest BCUT2D eigenvalue weighted by molar-refractivity contribution is 5.96. The molecular formula is C34H42FN7O4. The third-order valence-corrected chi connectivity index (χ3v) is 8.62. The van der Waals surface area contributed by atoms with Crippen LogP contribution in [0.1, 0.15) is 74.0 Å². The number of piperidine rings is 2. The Balaban J connectivity index is 1.18. The van der Waals surface area contributed by atoms with Crippen molar-refractivity contribution in [3.05, 3.63) is 65.0 Å². The van der Waals surface area contributed by atoms with Gasteiger partial charge in [-0.3, -0.25) is 4.79 Å². The highest BCUT2D eigenvalue weighted by Gasteiger charge is 2.33. The van der Waals surface area contributed by atoms with Gasteiger partial charge in [0.05, 0.1) is 18.7 Å². The maximum absolute atomic E-state index is 13.7. The number of aromatic nitrogens is 2. The minimum absolute atomic E-state index is 0.0771. The first-order valence-electron chi connectivity index (χ1n) is 15.7. The standard InChI is InChI=1S/C34H42FN7O4/c1-34(2,3)46-33(44)41-17-11-25(12-18-41)40-15-13-26(14-16-40)42-31(37)28(20-36)30(39-42)23-7-5-22(6-8-23)21-38-32(43)27-19-24(35)9-10-29(27)45-4/h5-10,19,25-26H,11-18,21,37H2,1-4H3,(H,38,43). The number of anilines is 1. The topological polar surface area (TPSA) is 139 Å². The molecule has 0 saturated carbocycles. The highest BCUT2D eigenvalue weighted by Crippen LogP contribution is 2.33. The second-order valence-corrected chi connectivity index (χ2v) is 12.9. The molecule has 2 aliphatic rings. The zero-order valence-corrected chi connectivity index (χ0v) is 26.9. The number of amides is 2. The number of nitrogen functional groups attached to an aromatic ring is 1. The third-order valence-electron chi connectivity index (χ3n) is 8.62. The SMILES string of the molecule is COc1ccc(F)cc1C(=O)NCc1ccc(-c2nn(C3CCN(C4CCN(C(=O)OC(C)(C)C)CC4)CC3)c(N)c2C#N)cc1. The molecule has 0 atom stereocenters. The number of carbonyl (C=O) groups is 2. The predicted octanol–water partition coefficient (Wildman–Crippen LogP) is 5.12. The van der Waals surface area contributed by atoms with Crippen molar-refractivity contribution in [1.29, 1.82) is 5.26 Å². The van der Waals surface area contributed by atoms with Gasteiger partial charge >= 0.3 is 6.09 Å². The fourth-order valence-corrected chi connectivity index (χ4v) is 6.19. The number of methoxy groups -OCH3 is 1. The van der Waals surface area contributed by atoms with Crippen molar-refractivity contribution >= 4 is 17.8 Å². The monoisotopic (exact) mass is 631 g/mol. The molecule has 2 aromatic carbocycles. The molecule has 12 heteroatoms. The Morgan fingerprint density at radius 2 is 1.70 bits per heavy atom. The molecule has 11 nitrogen and oxygen atoms in total. The van der Waals surface area contributed by atoms with Crippen LogP contribution in [0.25, 0.3) is 11.3 Å². The minimum Gasteiger partial charge on any atom is -0.496 e. The van der Waals surface area contributed by atoms with Gasteiger partial charge in [-0.1, -0.05) is 24.3 Å². The summed E-state index contributed by atoms with van der Waals surface area (Å²) in [7, 11) is 1.43. The number of halogens is 1. The van der Waals surface area contributed by atoms with E-state index in [0.717, 1.165) is 56.0 Å². The van der Waals surface area contributed by atoms with Crippen LogP contribution >= 0.6 is 0 Å². The van der Waals surface area contributed by atoms with E-state index >= 15 is 0 Å². The third kappa shape index (κ3) is 7.42. The number of hydrogen-bond donors (Lipinski definition) is 2. The van der Waals surface area contributed by atoms with E-state index in [1.165, 1.54) is 19.2 Å². The van der Waals surface area contributed by atoms with Gasteiger partial charge in [-0.05, 0) is 70.2 Å². The van der Waals surface area contributed by atoms with Gasteiger partial charge in [0.2, 0.25) is 0 Å². The average Bonchev–Trinajstić information content (AvgIpc) is 3.39. The number of carbonyl (C=O) groups excluding carboxylic acids is 2. The number of nitrogens with two attached hydrogens (primary N) is 1. The number of nitrogens with zero attached hydrogens (tertiary/aromatic N) is 5. The lowest BCUT2D eigenvalue weighted by Gasteiger charge is -2.42.